The second-order valence-electron chi connectivity index (χ2n) is 5.44. The number of aromatic nitrogens is 1. The maximum atomic E-state index is 11.1. The van der Waals surface area contributed by atoms with Gasteiger partial charge in [-0.25, -0.2) is 0 Å². The Morgan fingerprint density at radius 2 is 1.91 bits per heavy atom. The fraction of sp³-hybridized carbons (Fsp3) is 0.158. The van der Waals surface area contributed by atoms with Gasteiger partial charge in [0.05, 0.1) is 11.6 Å². The second-order valence-corrected chi connectivity index (χ2v) is 5.44. The van der Waals surface area contributed by atoms with Crippen molar-refractivity contribution < 1.29 is 14.6 Å². The maximum absolute atomic E-state index is 11.1. The van der Waals surface area contributed by atoms with E-state index in [9.17, 15) is 4.79 Å². The van der Waals surface area contributed by atoms with Crippen LogP contribution < -0.4 is 4.74 Å². The van der Waals surface area contributed by atoms with Crippen molar-refractivity contribution >= 4 is 16.7 Å². The zero-order valence-electron chi connectivity index (χ0n) is 12.8. The van der Waals surface area contributed by atoms with E-state index in [-0.39, 0.29) is 0 Å². The molecule has 2 aromatic carbocycles. The lowest BCUT2D eigenvalue weighted by Crippen LogP contribution is -2.07. The van der Waals surface area contributed by atoms with Gasteiger partial charge in [0.2, 0.25) is 0 Å². The first-order valence-corrected chi connectivity index (χ1v) is 7.43. The number of benzene rings is 2. The number of carbonyl (C=O) groups is 1. The zero-order chi connectivity index (χ0) is 16.2. The van der Waals surface area contributed by atoms with Crippen LogP contribution in [-0.4, -0.2) is 16.1 Å². The molecule has 23 heavy (non-hydrogen) atoms. The minimum Gasteiger partial charge on any atom is -0.487 e. The summed E-state index contributed by atoms with van der Waals surface area (Å²) >= 11 is 0. The van der Waals surface area contributed by atoms with E-state index in [1.807, 2.05) is 54.6 Å². The highest BCUT2D eigenvalue weighted by atomic mass is 16.5. The van der Waals surface area contributed by atoms with Crippen molar-refractivity contribution in [1.82, 2.24) is 4.98 Å². The molecular formula is C19H17NO3. The van der Waals surface area contributed by atoms with Crippen LogP contribution in [0.15, 0.2) is 60.8 Å². The lowest BCUT2D eigenvalue weighted by atomic mass is 9.98. The molecule has 0 aliphatic heterocycles. The summed E-state index contributed by atoms with van der Waals surface area (Å²) in [6.45, 7) is 2.11. The maximum Gasteiger partial charge on any atom is 0.310 e. The number of nitrogens with zero attached hydrogens (tertiary/aromatic N) is 1. The Balaban J connectivity index is 1.79. The minimum absolute atomic E-state index is 0.417. The Kier molecular flexibility index (Phi) is 4.24. The molecule has 1 N–H and O–H groups in total. The largest absolute Gasteiger partial charge is 0.487 e. The molecule has 1 heterocycles. The van der Waals surface area contributed by atoms with Gasteiger partial charge in [-0.3, -0.25) is 9.78 Å². The average molecular weight is 307 g/mol. The molecule has 0 fully saturated rings. The van der Waals surface area contributed by atoms with Gasteiger partial charge in [-0.15, -0.1) is 0 Å². The van der Waals surface area contributed by atoms with E-state index in [4.69, 9.17) is 9.84 Å². The molecule has 0 aliphatic carbocycles. The van der Waals surface area contributed by atoms with Crippen LogP contribution in [0.1, 0.15) is 24.1 Å². The lowest BCUT2D eigenvalue weighted by molar-refractivity contribution is -0.138. The van der Waals surface area contributed by atoms with Crippen LogP contribution in [0.2, 0.25) is 0 Å². The molecule has 3 aromatic rings. The van der Waals surface area contributed by atoms with Crippen molar-refractivity contribution in [2.45, 2.75) is 19.4 Å². The Morgan fingerprint density at radius 3 is 2.65 bits per heavy atom. The fourth-order valence-corrected chi connectivity index (χ4v) is 2.38. The number of rotatable bonds is 5. The Bertz CT molecular complexity index is 830. The molecule has 3 rings (SSSR count). The van der Waals surface area contributed by atoms with E-state index in [0.29, 0.717) is 6.61 Å². The molecule has 116 valence electrons. The average Bonchev–Trinajstić information content (AvgIpc) is 2.59. The number of hydrogen-bond donors (Lipinski definition) is 1. The number of fused-ring (bicyclic) bond motifs is 1. The van der Waals surface area contributed by atoms with Gasteiger partial charge < -0.3 is 9.84 Å². The molecule has 0 saturated carbocycles. The quantitative estimate of drug-likeness (QED) is 0.774. The van der Waals surface area contributed by atoms with Crippen molar-refractivity contribution in [1.29, 1.82) is 0 Å². The van der Waals surface area contributed by atoms with Gasteiger partial charge >= 0.3 is 5.97 Å². The number of carboxylic acid groups (broad SMARTS) is 1. The molecule has 4 heteroatoms. The Labute approximate surface area is 134 Å². The van der Waals surface area contributed by atoms with Crippen LogP contribution in [-0.2, 0) is 11.4 Å². The summed E-state index contributed by atoms with van der Waals surface area (Å²) in [7, 11) is 0. The molecule has 1 atom stereocenters. The van der Waals surface area contributed by atoms with E-state index in [1.165, 1.54) is 0 Å². The van der Waals surface area contributed by atoms with E-state index in [1.54, 1.807) is 13.1 Å². The number of aliphatic carboxylic acids is 1. The van der Waals surface area contributed by atoms with Crippen molar-refractivity contribution in [3.05, 3.63) is 72.1 Å². The van der Waals surface area contributed by atoms with E-state index in [0.717, 1.165) is 27.8 Å². The fourth-order valence-electron chi connectivity index (χ4n) is 2.38. The molecule has 0 radical (unpaired) electrons. The van der Waals surface area contributed by atoms with E-state index < -0.39 is 11.9 Å². The minimum atomic E-state index is -0.820. The monoisotopic (exact) mass is 307 g/mol. The lowest BCUT2D eigenvalue weighted by Gasteiger charge is -2.10. The van der Waals surface area contributed by atoms with Crippen molar-refractivity contribution in [2.24, 2.45) is 0 Å². The van der Waals surface area contributed by atoms with Crippen molar-refractivity contribution in [3.63, 3.8) is 0 Å². The first-order valence-electron chi connectivity index (χ1n) is 7.43. The summed E-state index contributed by atoms with van der Waals surface area (Å²) in [5.74, 6) is -0.568. The number of ether oxygens (including phenoxy) is 1. The summed E-state index contributed by atoms with van der Waals surface area (Å²) in [6, 6.07) is 17.2. The van der Waals surface area contributed by atoms with Gasteiger partial charge in [-0.2, -0.15) is 0 Å². The molecule has 0 amide bonds. The summed E-state index contributed by atoms with van der Waals surface area (Å²) in [5, 5.41) is 11.1. The topological polar surface area (TPSA) is 59.4 Å². The van der Waals surface area contributed by atoms with Crippen LogP contribution in [0.5, 0.6) is 5.75 Å². The van der Waals surface area contributed by atoms with Crippen LogP contribution in [0.3, 0.4) is 0 Å². The first kappa shape index (κ1) is 15.0. The highest BCUT2D eigenvalue weighted by Gasteiger charge is 2.13. The number of carboxylic acids is 1. The summed E-state index contributed by atoms with van der Waals surface area (Å²) in [4.78, 5) is 15.3. The summed E-state index contributed by atoms with van der Waals surface area (Å²) < 4.78 is 5.76. The number of hydrogen-bond acceptors (Lipinski definition) is 3. The highest BCUT2D eigenvalue weighted by Crippen LogP contribution is 2.25. The van der Waals surface area contributed by atoms with Gasteiger partial charge in [-0.1, -0.05) is 30.3 Å². The van der Waals surface area contributed by atoms with Crippen molar-refractivity contribution in [3.8, 4) is 5.75 Å². The second kappa shape index (κ2) is 6.48. The SMILES string of the molecule is C[C@H](C(=O)O)c1ccc2cc(OCc3ccccn3)ccc2c1. The third-order valence-electron chi connectivity index (χ3n) is 3.82. The highest BCUT2D eigenvalue weighted by molar-refractivity contribution is 5.86. The predicted molar refractivity (Wildman–Crippen MR) is 88.6 cm³/mol. The molecule has 0 unspecified atom stereocenters. The molecule has 0 spiro atoms. The molecule has 0 saturated heterocycles. The summed E-state index contributed by atoms with van der Waals surface area (Å²) in [6.07, 6.45) is 1.74. The molecule has 0 aliphatic rings. The Hall–Kier alpha value is -2.88. The number of pyridine rings is 1. The predicted octanol–water partition coefficient (Wildman–Crippen LogP) is 4.00. The Morgan fingerprint density at radius 1 is 1.13 bits per heavy atom. The third-order valence-corrected chi connectivity index (χ3v) is 3.82. The van der Waals surface area contributed by atoms with Crippen LogP contribution in [0.25, 0.3) is 10.8 Å². The molecular weight excluding hydrogens is 290 g/mol. The van der Waals surface area contributed by atoms with Crippen LogP contribution in [0, 0.1) is 0 Å². The van der Waals surface area contributed by atoms with Gasteiger partial charge in [0.15, 0.2) is 0 Å². The molecule has 1 aromatic heterocycles. The summed E-state index contributed by atoms with van der Waals surface area (Å²) in [5.41, 5.74) is 1.67. The molecule has 0 bridgehead atoms. The van der Waals surface area contributed by atoms with Gasteiger partial charge in [0.25, 0.3) is 0 Å². The zero-order valence-corrected chi connectivity index (χ0v) is 12.8. The molecule has 4 nitrogen and oxygen atoms in total. The van der Waals surface area contributed by atoms with Gasteiger partial charge in [-0.05, 0) is 47.5 Å². The normalized spacial score (nSPS) is 12.0. The van der Waals surface area contributed by atoms with Crippen molar-refractivity contribution in [2.75, 3.05) is 0 Å². The van der Waals surface area contributed by atoms with E-state index >= 15 is 0 Å². The van der Waals surface area contributed by atoms with Gasteiger partial charge in [0.1, 0.15) is 12.4 Å². The standard InChI is InChI=1S/C19H17NO3/c1-13(19(21)22)14-5-6-16-11-18(8-7-15(16)10-14)23-12-17-4-2-3-9-20-17/h2-11,13H,12H2,1H3,(H,21,22)/t13-/m0/s1. The first-order chi connectivity index (χ1) is 11.1. The van der Waals surface area contributed by atoms with E-state index in [2.05, 4.69) is 4.98 Å². The third kappa shape index (κ3) is 3.48. The van der Waals surface area contributed by atoms with Gasteiger partial charge in [0, 0.05) is 6.20 Å². The smallest absolute Gasteiger partial charge is 0.310 e. The van der Waals surface area contributed by atoms with Crippen LogP contribution >= 0.6 is 0 Å². The van der Waals surface area contributed by atoms with Crippen LogP contribution in [0.4, 0.5) is 0 Å².